The maximum Gasteiger partial charge on any atom is 0.227 e. The fourth-order valence-electron chi connectivity index (χ4n) is 3.92. The number of hydrogen-bond acceptors (Lipinski definition) is 5. The van der Waals surface area contributed by atoms with E-state index in [0.717, 1.165) is 44.1 Å². The Morgan fingerprint density at radius 3 is 2.61 bits per heavy atom. The first kappa shape index (κ1) is 19.6. The molecule has 1 aliphatic heterocycles. The average molecular weight is 404 g/mol. The summed E-state index contributed by atoms with van der Waals surface area (Å²) in [5, 5.41) is 0.157. The van der Waals surface area contributed by atoms with E-state index in [0.29, 0.717) is 13.1 Å². The van der Waals surface area contributed by atoms with Crippen LogP contribution < -0.4 is 0 Å². The lowest BCUT2D eigenvalue weighted by atomic mass is 10.2. The third kappa shape index (κ3) is 5.01. The van der Waals surface area contributed by atoms with E-state index >= 15 is 0 Å². The second kappa shape index (κ2) is 8.35. The Kier molecular flexibility index (Phi) is 5.85. The van der Waals surface area contributed by atoms with E-state index in [1.165, 1.54) is 24.7 Å². The normalized spacial score (nSPS) is 20.1. The van der Waals surface area contributed by atoms with Crippen molar-refractivity contribution in [3.05, 3.63) is 47.8 Å². The largest absolute Gasteiger partial charge is 0.376 e. The van der Waals surface area contributed by atoms with E-state index in [4.69, 9.17) is 4.74 Å². The molecule has 1 aromatic heterocycles. The van der Waals surface area contributed by atoms with Crippen LogP contribution in [0.3, 0.4) is 0 Å². The first-order chi connectivity index (χ1) is 13.5. The first-order valence-electron chi connectivity index (χ1n) is 10.1. The third-order valence-corrected chi connectivity index (χ3v) is 6.48. The fraction of sp³-hybridized carbons (Fsp3) is 0.571. The van der Waals surface area contributed by atoms with Crippen LogP contribution in [0, 0.1) is 5.92 Å². The highest BCUT2D eigenvalue weighted by molar-refractivity contribution is 7.90. The van der Waals surface area contributed by atoms with Gasteiger partial charge in [0.25, 0.3) is 0 Å². The summed E-state index contributed by atoms with van der Waals surface area (Å²) in [4.78, 5) is 6.70. The van der Waals surface area contributed by atoms with Gasteiger partial charge in [-0.15, -0.1) is 0 Å². The molecule has 28 heavy (non-hydrogen) atoms. The Hall–Kier alpha value is -1.70. The van der Waals surface area contributed by atoms with Crippen LogP contribution >= 0.6 is 0 Å². The van der Waals surface area contributed by atoms with Crippen molar-refractivity contribution in [2.75, 3.05) is 19.4 Å². The van der Waals surface area contributed by atoms with E-state index < -0.39 is 9.84 Å². The standard InChI is InChI=1S/C21H29N3O3S/c1-28(25,26)21-22-12-19(24(21)16-20-8-5-11-27-20)15-23(14-18-9-10-18)13-17-6-3-2-4-7-17/h2-4,6-7,12,18,20H,5,8-11,13-16H2,1H3/t20-/m0/s1. The molecule has 1 aliphatic carbocycles. The van der Waals surface area contributed by atoms with Gasteiger partial charge in [0.1, 0.15) is 0 Å². The second-order valence-electron chi connectivity index (χ2n) is 8.15. The Balaban J connectivity index is 1.57. The minimum absolute atomic E-state index is 0.0689. The van der Waals surface area contributed by atoms with Gasteiger partial charge in [0.15, 0.2) is 0 Å². The van der Waals surface area contributed by atoms with Crippen molar-refractivity contribution in [2.24, 2.45) is 5.92 Å². The van der Waals surface area contributed by atoms with Crippen LogP contribution in [0.15, 0.2) is 41.7 Å². The lowest BCUT2D eigenvalue weighted by Gasteiger charge is -2.24. The van der Waals surface area contributed by atoms with Crippen LogP contribution in [-0.2, 0) is 34.2 Å². The molecule has 1 aromatic carbocycles. The van der Waals surface area contributed by atoms with Gasteiger partial charge in [-0.1, -0.05) is 30.3 Å². The van der Waals surface area contributed by atoms with Crippen molar-refractivity contribution in [3.8, 4) is 0 Å². The summed E-state index contributed by atoms with van der Waals surface area (Å²) in [6.07, 6.45) is 7.61. The quantitative estimate of drug-likeness (QED) is 0.644. The van der Waals surface area contributed by atoms with Gasteiger partial charge in [0.2, 0.25) is 15.0 Å². The zero-order chi connectivity index (χ0) is 19.6. The molecular weight excluding hydrogens is 374 g/mol. The molecule has 0 N–H and O–H groups in total. The Morgan fingerprint density at radius 2 is 1.96 bits per heavy atom. The molecular formula is C21H29N3O3S. The molecule has 152 valence electrons. The topological polar surface area (TPSA) is 64.4 Å². The maximum absolute atomic E-state index is 12.3. The second-order valence-corrected chi connectivity index (χ2v) is 10.1. The number of benzene rings is 1. The van der Waals surface area contributed by atoms with Gasteiger partial charge in [0.05, 0.1) is 24.5 Å². The van der Waals surface area contributed by atoms with Gasteiger partial charge >= 0.3 is 0 Å². The van der Waals surface area contributed by atoms with Crippen LogP contribution in [0.25, 0.3) is 0 Å². The van der Waals surface area contributed by atoms with E-state index in [2.05, 4.69) is 34.1 Å². The summed E-state index contributed by atoms with van der Waals surface area (Å²) >= 11 is 0. The molecule has 1 saturated heterocycles. The minimum Gasteiger partial charge on any atom is -0.376 e. The van der Waals surface area contributed by atoms with Crippen molar-refractivity contribution in [1.82, 2.24) is 14.5 Å². The van der Waals surface area contributed by atoms with Gasteiger partial charge in [-0.2, -0.15) is 0 Å². The van der Waals surface area contributed by atoms with Gasteiger partial charge < -0.3 is 9.30 Å². The van der Waals surface area contributed by atoms with Crippen LogP contribution in [0.4, 0.5) is 0 Å². The summed E-state index contributed by atoms with van der Waals surface area (Å²) < 4.78 is 32.2. The first-order valence-corrected chi connectivity index (χ1v) is 12.0. The number of rotatable bonds is 9. The molecule has 4 rings (SSSR count). The Bertz CT molecular complexity index is 885. The zero-order valence-corrected chi connectivity index (χ0v) is 17.3. The van der Waals surface area contributed by atoms with Gasteiger partial charge in [-0.25, -0.2) is 13.4 Å². The molecule has 2 aliphatic rings. The lowest BCUT2D eigenvalue weighted by Crippen LogP contribution is -2.28. The Morgan fingerprint density at radius 1 is 1.18 bits per heavy atom. The number of aromatic nitrogens is 2. The Labute approximate surface area is 167 Å². The van der Waals surface area contributed by atoms with Crippen molar-refractivity contribution in [3.63, 3.8) is 0 Å². The number of ether oxygens (including phenoxy) is 1. The molecule has 0 radical (unpaired) electrons. The van der Waals surface area contributed by atoms with Crippen molar-refractivity contribution in [2.45, 2.75) is 56.6 Å². The van der Waals surface area contributed by atoms with E-state index in [1.807, 2.05) is 10.6 Å². The van der Waals surface area contributed by atoms with Crippen molar-refractivity contribution < 1.29 is 13.2 Å². The molecule has 0 unspecified atom stereocenters. The minimum atomic E-state index is -3.38. The zero-order valence-electron chi connectivity index (χ0n) is 16.5. The van der Waals surface area contributed by atoms with Gasteiger partial charge in [-0.05, 0) is 37.2 Å². The highest BCUT2D eigenvalue weighted by atomic mass is 32.2. The molecule has 2 fully saturated rings. The number of imidazole rings is 1. The molecule has 0 bridgehead atoms. The fourth-order valence-corrected chi connectivity index (χ4v) is 4.76. The number of hydrogen-bond donors (Lipinski definition) is 0. The summed E-state index contributed by atoms with van der Waals surface area (Å²) in [6, 6.07) is 10.4. The highest BCUT2D eigenvalue weighted by Gasteiger charge is 2.27. The van der Waals surface area contributed by atoms with Crippen molar-refractivity contribution >= 4 is 9.84 Å². The van der Waals surface area contributed by atoms with Gasteiger partial charge in [-0.3, -0.25) is 4.90 Å². The summed E-state index contributed by atoms with van der Waals surface area (Å²) in [7, 11) is -3.38. The summed E-state index contributed by atoms with van der Waals surface area (Å²) in [5.74, 6) is 0.757. The SMILES string of the molecule is CS(=O)(=O)c1ncc(CN(Cc2ccccc2)CC2CC2)n1C[C@@H]1CCCO1. The van der Waals surface area contributed by atoms with E-state index in [-0.39, 0.29) is 11.3 Å². The third-order valence-electron chi connectivity index (χ3n) is 5.49. The van der Waals surface area contributed by atoms with Crippen LogP contribution in [0.1, 0.15) is 36.9 Å². The van der Waals surface area contributed by atoms with E-state index in [9.17, 15) is 8.42 Å². The maximum atomic E-state index is 12.3. The molecule has 0 spiro atoms. The van der Waals surface area contributed by atoms with Crippen molar-refractivity contribution in [1.29, 1.82) is 0 Å². The molecule has 6 nitrogen and oxygen atoms in total. The van der Waals surface area contributed by atoms with Crippen LogP contribution in [-0.4, -0.2) is 48.4 Å². The molecule has 7 heteroatoms. The smallest absolute Gasteiger partial charge is 0.227 e. The molecule has 2 heterocycles. The predicted molar refractivity (Wildman–Crippen MR) is 108 cm³/mol. The molecule has 0 amide bonds. The molecule has 1 saturated carbocycles. The highest BCUT2D eigenvalue weighted by Crippen LogP contribution is 2.31. The van der Waals surface area contributed by atoms with Crippen LogP contribution in [0.2, 0.25) is 0 Å². The van der Waals surface area contributed by atoms with Crippen LogP contribution in [0.5, 0.6) is 0 Å². The lowest BCUT2D eigenvalue weighted by molar-refractivity contribution is 0.0931. The van der Waals surface area contributed by atoms with Gasteiger partial charge in [0, 0.05) is 32.5 Å². The molecule has 1 atom stereocenters. The van der Waals surface area contributed by atoms with E-state index in [1.54, 1.807) is 6.20 Å². The predicted octanol–water partition coefficient (Wildman–Crippen LogP) is 2.88. The average Bonchev–Trinajstić information content (AvgIpc) is 3.14. The molecule has 2 aromatic rings. The number of nitrogens with zero attached hydrogens (tertiary/aromatic N) is 3. The summed E-state index contributed by atoms with van der Waals surface area (Å²) in [6.45, 7) is 3.90. The monoisotopic (exact) mass is 403 g/mol. The summed E-state index contributed by atoms with van der Waals surface area (Å²) in [5.41, 5.74) is 2.23. The number of sulfone groups is 1.